The first-order valence-electron chi connectivity index (χ1n) is 3.43. The molecule has 0 aromatic heterocycles. The second-order valence-electron chi connectivity index (χ2n) is 1.58. The van der Waals surface area contributed by atoms with Gasteiger partial charge >= 0.3 is 65.6 Å². The molecule has 0 unspecified atom stereocenters. The van der Waals surface area contributed by atoms with Gasteiger partial charge in [-0.05, 0) is 0 Å². The molecule has 0 amide bonds. The maximum absolute atomic E-state index is 10.0. The molecule has 0 N–H and O–H groups in total. The Labute approximate surface area is 87.0 Å². The summed E-state index contributed by atoms with van der Waals surface area (Å²) in [5.74, 6) is 0. The molecule has 0 radical (unpaired) electrons. The van der Waals surface area contributed by atoms with Crippen LogP contribution in [-0.4, -0.2) is 10.2 Å². The number of rotatable bonds is 3. The Morgan fingerprint density at radius 1 is 1.42 bits per heavy atom. The first-order chi connectivity index (χ1) is 5.20. The summed E-state index contributed by atoms with van der Waals surface area (Å²) in [6, 6.07) is 0. The summed E-state index contributed by atoms with van der Waals surface area (Å²) in [6.07, 6.45) is 4.08. The van der Waals surface area contributed by atoms with Gasteiger partial charge in [0.15, 0.2) is 0 Å². The van der Waals surface area contributed by atoms with Crippen LogP contribution in [0, 0.1) is 6.58 Å². The molecule has 0 aliphatic rings. The van der Waals surface area contributed by atoms with E-state index in [0.717, 1.165) is 15.8 Å². The van der Waals surface area contributed by atoms with Gasteiger partial charge in [0.1, 0.15) is 0 Å². The number of carbonyl (C=O) groups excluding carboxylic acids is 1. The fourth-order valence-corrected chi connectivity index (χ4v) is 0.974. The first kappa shape index (κ1) is 17.7. The molecular formula is C10H17OW-. The van der Waals surface area contributed by atoms with E-state index in [1.807, 2.05) is 20.8 Å². The van der Waals surface area contributed by atoms with Crippen molar-refractivity contribution in [1.82, 2.24) is 0 Å². The normalized spacial score (nSPS) is 8.42. The topological polar surface area (TPSA) is 17.1 Å². The molecule has 0 aliphatic heterocycles. The first-order valence-corrected chi connectivity index (χ1v) is 4.89. The SMILES string of the molecule is C.CC.[CH-]=CC(C)=C[C](=[W])C=O. The molecule has 0 aromatic rings. The van der Waals surface area contributed by atoms with Gasteiger partial charge in [0, 0.05) is 0 Å². The van der Waals surface area contributed by atoms with Crippen LogP contribution in [0.5, 0.6) is 0 Å². The Balaban J connectivity index is -0.000000249. The van der Waals surface area contributed by atoms with E-state index in [0.29, 0.717) is 0 Å². The van der Waals surface area contributed by atoms with E-state index in [4.69, 9.17) is 6.58 Å². The van der Waals surface area contributed by atoms with Crippen molar-refractivity contribution >= 4 is 10.2 Å². The Bertz CT molecular complexity index is 169. The molecule has 0 heterocycles. The monoisotopic (exact) mass is 337 g/mol. The summed E-state index contributed by atoms with van der Waals surface area (Å²) < 4.78 is 0.772. The summed E-state index contributed by atoms with van der Waals surface area (Å²) in [6.45, 7) is 11.0. The molecule has 0 fully saturated rings. The second-order valence-corrected chi connectivity index (χ2v) is 3.27. The molecule has 70 valence electrons. The molecular weight excluding hydrogens is 320 g/mol. The fourth-order valence-electron chi connectivity index (χ4n) is 0.307. The van der Waals surface area contributed by atoms with Gasteiger partial charge in [0.05, 0.1) is 0 Å². The van der Waals surface area contributed by atoms with Crippen molar-refractivity contribution in [2.45, 2.75) is 28.2 Å². The predicted molar refractivity (Wildman–Crippen MR) is 51.8 cm³/mol. The molecule has 0 rings (SSSR count). The molecule has 12 heavy (non-hydrogen) atoms. The molecule has 0 bridgehead atoms. The summed E-state index contributed by atoms with van der Waals surface area (Å²) in [7, 11) is 0. The summed E-state index contributed by atoms with van der Waals surface area (Å²) in [5, 5.41) is 0. The van der Waals surface area contributed by atoms with Crippen LogP contribution >= 0.6 is 0 Å². The zero-order valence-corrected chi connectivity index (χ0v) is 10.1. The number of allylic oxidation sites excluding steroid dienone is 3. The van der Waals surface area contributed by atoms with Gasteiger partial charge < -0.3 is 0 Å². The number of hydrogen-bond acceptors (Lipinski definition) is 1. The van der Waals surface area contributed by atoms with Crippen LogP contribution in [0.2, 0.25) is 0 Å². The zero-order chi connectivity index (χ0) is 9.28. The number of aldehydes is 1. The van der Waals surface area contributed by atoms with Gasteiger partial charge in [0.2, 0.25) is 0 Å². The van der Waals surface area contributed by atoms with E-state index in [9.17, 15) is 4.79 Å². The predicted octanol–water partition coefficient (Wildman–Crippen LogP) is 2.50. The van der Waals surface area contributed by atoms with Crippen molar-refractivity contribution < 1.29 is 24.1 Å². The third kappa shape index (κ3) is 12.4. The summed E-state index contributed by atoms with van der Waals surface area (Å²) in [5.41, 5.74) is 0.923. The van der Waals surface area contributed by atoms with Crippen molar-refractivity contribution in [2.75, 3.05) is 0 Å². The molecule has 0 saturated carbocycles. The third-order valence-electron chi connectivity index (χ3n) is 0.749. The molecule has 0 aliphatic carbocycles. The van der Waals surface area contributed by atoms with Crippen molar-refractivity contribution in [3.8, 4) is 0 Å². The number of carbonyl (C=O) groups is 1. The van der Waals surface area contributed by atoms with Crippen LogP contribution in [0.1, 0.15) is 28.2 Å². The minimum atomic E-state index is 0. The molecule has 2 heteroatoms. The summed E-state index contributed by atoms with van der Waals surface area (Å²) >= 11 is 1.17. The minimum absolute atomic E-state index is 0. The third-order valence-corrected chi connectivity index (χ3v) is 1.52. The van der Waals surface area contributed by atoms with E-state index >= 15 is 0 Å². The Hall–Kier alpha value is -0.292. The van der Waals surface area contributed by atoms with Gasteiger partial charge in [0.25, 0.3) is 0 Å². The van der Waals surface area contributed by atoms with E-state index in [1.54, 1.807) is 6.08 Å². The van der Waals surface area contributed by atoms with Gasteiger partial charge in [-0.1, -0.05) is 21.3 Å². The molecule has 1 nitrogen and oxygen atoms in total. The van der Waals surface area contributed by atoms with Crippen molar-refractivity contribution in [1.29, 1.82) is 0 Å². The van der Waals surface area contributed by atoms with E-state index in [-0.39, 0.29) is 7.43 Å². The average Bonchev–Trinajstić information content (AvgIpc) is 2.07. The van der Waals surface area contributed by atoms with Crippen molar-refractivity contribution in [3.05, 3.63) is 24.3 Å². The average molecular weight is 337 g/mol. The van der Waals surface area contributed by atoms with Crippen LogP contribution in [0.15, 0.2) is 17.7 Å². The van der Waals surface area contributed by atoms with Crippen molar-refractivity contribution in [3.63, 3.8) is 0 Å². The number of hydrogen-bond donors (Lipinski definition) is 0. The molecule has 0 atom stereocenters. The van der Waals surface area contributed by atoms with Gasteiger partial charge in [-0.15, -0.1) is 0 Å². The Morgan fingerprint density at radius 3 is 2.08 bits per heavy atom. The second kappa shape index (κ2) is 13.3. The summed E-state index contributed by atoms with van der Waals surface area (Å²) in [4.78, 5) is 10.0. The van der Waals surface area contributed by atoms with Gasteiger partial charge in [-0.25, -0.2) is 0 Å². The van der Waals surface area contributed by atoms with Gasteiger partial charge in [-0.2, -0.15) is 0 Å². The van der Waals surface area contributed by atoms with Crippen molar-refractivity contribution in [2.24, 2.45) is 0 Å². The van der Waals surface area contributed by atoms with Crippen LogP contribution in [0.4, 0.5) is 0 Å². The van der Waals surface area contributed by atoms with E-state index < -0.39 is 0 Å². The zero-order valence-electron chi connectivity index (χ0n) is 7.13. The van der Waals surface area contributed by atoms with E-state index in [2.05, 4.69) is 0 Å². The molecule has 0 spiro atoms. The fraction of sp³-hybridized carbons (Fsp3) is 0.400. The molecule has 0 saturated heterocycles. The Kier molecular flexibility index (Phi) is 19.6. The maximum atomic E-state index is 10.0. The van der Waals surface area contributed by atoms with Crippen LogP contribution in [0.3, 0.4) is 0 Å². The standard InChI is InChI=1S/C7H7O.C2H6.CH4.W/c1-3-7(2)5-4-6-8;1-2;;/h1,3,5-6H,2H3;1-2H3;1H4;/q-1;;;. The van der Waals surface area contributed by atoms with E-state index in [1.165, 1.54) is 25.4 Å². The van der Waals surface area contributed by atoms with Crippen LogP contribution < -0.4 is 0 Å². The van der Waals surface area contributed by atoms with Gasteiger partial charge in [-0.3, -0.25) is 0 Å². The molecule has 0 aromatic carbocycles. The Morgan fingerprint density at radius 2 is 1.83 bits per heavy atom. The quantitative estimate of drug-likeness (QED) is 0.439. The van der Waals surface area contributed by atoms with Crippen LogP contribution in [-0.2, 0) is 24.1 Å². The van der Waals surface area contributed by atoms with Crippen LogP contribution in [0.25, 0.3) is 0 Å².